The zero-order valence-corrected chi connectivity index (χ0v) is 22.7. The number of ketones is 1. The van der Waals surface area contributed by atoms with Crippen molar-refractivity contribution in [3.63, 3.8) is 0 Å². The molecule has 0 saturated heterocycles. The number of carbonyl (C=O) groups is 4. The van der Waals surface area contributed by atoms with Crippen LogP contribution in [0.5, 0.6) is 0 Å². The van der Waals surface area contributed by atoms with E-state index in [-0.39, 0.29) is 34.4 Å². The van der Waals surface area contributed by atoms with Crippen molar-refractivity contribution in [3.05, 3.63) is 47.1 Å². The van der Waals surface area contributed by atoms with E-state index in [0.29, 0.717) is 12.8 Å². The van der Waals surface area contributed by atoms with Crippen molar-refractivity contribution in [1.29, 1.82) is 0 Å². The van der Waals surface area contributed by atoms with Crippen LogP contribution in [0.2, 0.25) is 0 Å². The minimum atomic E-state index is -0.962. The van der Waals surface area contributed by atoms with E-state index in [0.717, 1.165) is 42.3 Å². The molecule has 3 rings (SSSR count). The maximum atomic E-state index is 13.5. The van der Waals surface area contributed by atoms with E-state index in [9.17, 15) is 19.2 Å². The Balaban J connectivity index is 2.00. The standard InChI is InChI=1S/C30H40O6/c1-19(11-9-17-31)10-8-12-20(2)26-22(33)18-24-28(4)16-14-25(36-21(3)32)30(6,27(34)35-7)23(28)13-15-29(24,26)5/h8-12,17,23-25H,13-16,18H2,1-7H3/b11-9+,12-8+,19-10+,26-20-/t23-,24?,25-,28+,29+,30-/m1/s1. The lowest BCUT2D eigenvalue weighted by Crippen LogP contribution is -2.62. The Bertz CT molecular complexity index is 1060. The quantitative estimate of drug-likeness (QED) is 0.210. The minimum absolute atomic E-state index is 0.0631. The van der Waals surface area contributed by atoms with Gasteiger partial charge in [-0.3, -0.25) is 19.2 Å². The largest absolute Gasteiger partial charge is 0.468 e. The molecular weight excluding hydrogens is 456 g/mol. The number of carbonyl (C=O) groups excluding carboxylic acids is 4. The minimum Gasteiger partial charge on any atom is -0.468 e. The molecule has 0 aliphatic heterocycles. The fraction of sp³-hybridized carbons (Fsp3) is 0.600. The summed E-state index contributed by atoms with van der Waals surface area (Å²) in [7, 11) is 1.39. The zero-order chi connectivity index (χ0) is 26.9. The van der Waals surface area contributed by atoms with Crippen molar-refractivity contribution in [3.8, 4) is 0 Å². The highest BCUT2D eigenvalue weighted by Gasteiger charge is 2.68. The van der Waals surface area contributed by atoms with Crippen molar-refractivity contribution >= 4 is 24.0 Å². The smallest absolute Gasteiger partial charge is 0.315 e. The molecule has 0 aromatic carbocycles. The van der Waals surface area contributed by atoms with Crippen molar-refractivity contribution < 1.29 is 28.7 Å². The van der Waals surface area contributed by atoms with Gasteiger partial charge in [0.1, 0.15) is 17.8 Å². The third-order valence-corrected chi connectivity index (χ3v) is 9.36. The Kier molecular flexibility index (Phi) is 7.97. The highest BCUT2D eigenvalue weighted by atomic mass is 16.6. The van der Waals surface area contributed by atoms with Crippen LogP contribution < -0.4 is 0 Å². The fourth-order valence-electron chi connectivity index (χ4n) is 7.80. The van der Waals surface area contributed by atoms with Gasteiger partial charge in [-0.05, 0) is 75.4 Å². The summed E-state index contributed by atoms with van der Waals surface area (Å²) in [6.45, 7) is 11.6. The lowest BCUT2D eigenvalue weighted by atomic mass is 9.42. The number of methoxy groups -OCH3 is 1. The van der Waals surface area contributed by atoms with Gasteiger partial charge in [-0.2, -0.15) is 0 Å². The molecule has 6 heteroatoms. The zero-order valence-electron chi connectivity index (χ0n) is 22.7. The molecule has 0 N–H and O–H groups in total. The SMILES string of the molecule is COC(=O)[C@@]1(C)[C@H](OC(C)=O)CC[C@]2(C)C3CC(=O)/C(=C(C)/C=C/C=C(C)/C=C/C=O)[C@@]3(C)CC[C@@H]12. The summed E-state index contributed by atoms with van der Waals surface area (Å²) in [4.78, 5) is 49.1. The number of hydrogen-bond acceptors (Lipinski definition) is 6. The molecule has 0 spiro atoms. The summed E-state index contributed by atoms with van der Waals surface area (Å²) in [5.41, 5.74) is 1.26. The van der Waals surface area contributed by atoms with Crippen LogP contribution in [-0.2, 0) is 28.7 Å². The molecule has 36 heavy (non-hydrogen) atoms. The van der Waals surface area contributed by atoms with Gasteiger partial charge in [0.2, 0.25) is 0 Å². The van der Waals surface area contributed by atoms with E-state index in [2.05, 4.69) is 13.8 Å². The van der Waals surface area contributed by atoms with E-state index in [1.54, 1.807) is 6.08 Å². The van der Waals surface area contributed by atoms with Gasteiger partial charge in [0, 0.05) is 24.3 Å². The lowest BCUT2D eigenvalue weighted by molar-refractivity contribution is -0.206. The number of hydrogen-bond donors (Lipinski definition) is 0. The molecule has 0 aromatic heterocycles. The van der Waals surface area contributed by atoms with E-state index >= 15 is 0 Å². The summed E-state index contributed by atoms with van der Waals surface area (Å²) >= 11 is 0. The highest BCUT2D eigenvalue weighted by Crippen LogP contribution is 2.69. The molecule has 6 nitrogen and oxygen atoms in total. The highest BCUT2D eigenvalue weighted by molar-refractivity contribution is 6.01. The number of rotatable bonds is 6. The predicted octanol–water partition coefficient (Wildman–Crippen LogP) is 5.48. The van der Waals surface area contributed by atoms with Gasteiger partial charge in [-0.15, -0.1) is 0 Å². The van der Waals surface area contributed by atoms with Gasteiger partial charge >= 0.3 is 11.9 Å². The number of esters is 2. The van der Waals surface area contributed by atoms with Crippen LogP contribution in [0, 0.1) is 28.1 Å². The number of Topliss-reactive ketones (excluding diaryl/α,β-unsaturated/α-hetero) is 1. The Morgan fingerprint density at radius 2 is 1.67 bits per heavy atom. The number of fused-ring (bicyclic) bond motifs is 3. The molecule has 0 radical (unpaired) electrons. The first kappa shape index (κ1) is 27.8. The van der Waals surface area contributed by atoms with Gasteiger partial charge in [0.15, 0.2) is 5.78 Å². The Morgan fingerprint density at radius 3 is 2.28 bits per heavy atom. The van der Waals surface area contributed by atoms with Gasteiger partial charge in [-0.25, -0.2) is 0 Å². The van der Waals surface area contributed by atoms with Gasteiger partial charge in [-0.1, -0.05) is 43.7 Å². The first-order valence-electron chi connectivity index (χ1n) is 12.8. The first-order valence-corrected chi connectivity index (χ1v) is 12.8. The maximum Gasteiger partial charge on any atom is 0.315 e. The van der Waals surface area contributed by atoms with E-state index in [1.165, 1.54) is 20.1 Å². The van der Waals surface area contributed by atoms with Crippen molar-refractivity contribution in [1.82, 2.24) is 0 Å². The van der Waals surface area contributed by atoms with Gasteiger partial charge in [0.25, 0.3) is 0 Å². The third kappa shape index (κ3) is 4.55. The molecule has 3 aliphatic carbocycles. The summed E-state index contributed by atoms with van der Waals surface area (Å²) in [6.07, 6.45) is 12.5. The summed E-state index contributed by atoms with van der Waals surface area (Å²) in [5, 5.41) is 0. The second kappa shape index (κ2) is 10.3. The Labute approximate surface area is 214 Å². The predicted molar refractivity (Wildman–Crippen MR) is 138 cm³/mol. The third-order valence-electron chi connectivity index (χ3n) is 9.36. The number of aldehydes is 1. The van der Waals surface area contributed by atoms with Crippen molar-refractivity contribution in [2.75, 3.05) is 7.11 Å². The van der Waals surface area contributed by atoms with Crippen molar-refractivity contribution in [2.24, 2.45) is 28.1 Å². The molecule has 0 aromatic rings. The van der Waals surface area contributed by atoms with Crippen LogP contribution in [-0.4, -0.2) is 37.2 Å². The molecule has 6 atom stereocenters. The molecule has 3 saturated carbocycles. The second-order valence-electron chi connectivity index (χ2n) is 11.4. The van der Waals surface area contributed by atoms with E-state index in [4.69, 9.17) is 9.47 Å². The molecule has 0 amide bonds. The lowest BCUT2D eigenvalue weighted by Gasteiger charge is -2.61. The fourth-order valence-corrected chi connectivity index (χ4v) is 7.80. The van der Waals surface area contributed by atoms with Crippen LogP contribution in [0.1, 0.15) is 73.6 Å². The monoisotopic (exact) mass is 496 g/mol. The molecule has 196 valence electrons. The summed E-state index contributed by atoms with van der Waals surface area (Å²) in [5.74, 6) is -0.543. The average Bonchev–Trinajstić information content (AvgIpc) is 3.10. The first-order chi connectivity index (χ1) is 16.9. The summed E-state index contributed by atoms with van der Waals surface area (Å²) in [6, 6.07) is 0. The summed E-state index contributed by atoms with van der Waals surface area (Å²) < 4.78 is 10.9. The molecule has 0 bridgehead atoms. The molecule has 0 heterocycles. The van der Waals surface area contributed by atoms with Crippen LogP contribution in [0.4, 0.5) is 0 Å². The maximum absolute atomic E-state index is 13.5. The van der Waals surface area contributed by atoms with Crippen LogP contribution in [0.25, 0.3) is 0 Å². The molecular formula is C30H40O6. The van der Waals surface area contributed by atoms with E-state index < -0.39 is 17.5 Å². The van der Waals surface area contributed by atoms with Crippen LogP contribution >= 0.6 is 0 Å². The van der Waals surface area contributed by atoms with Crippen LogP contribution in [0.3, 0.4) is 0 Å². The van der Waals surface area contributed by atoms with Crippen molar-refractivity contribution in [2.45, 2.75) is 79.8 Å². The topological polar surface area (TPSA) is 86.7 Å². The van der Waals surface area contributed by atoms with Gasteiger partial charge in [0.05, 0.1) is 7.11 Å². The van der Waals surface area contributed by atoms with E-state index in [1.807, 2.05) is 39.0 Å². The van der Waals surface area contributed by atoms with Crippen LogP contribution in [0.15, 0.2) is 47.1 Å². The normalized spacial score (nSPS) is 38.0. The molecule has 1 unspecified atom stereocenters. The molecule has 3 fully saturated rings. The number of allylic oxidation sites excluding steroid dienone is 8. The molecule has 3 aliphatic rings. The number of ether oxygens (including phenoxy) is 2. The Morgan fingerprint density at radius 1 is 0.972 bits per heavy atom. The van der Waals surface area contributed by atoms with Gasteiger partial charge < -0.3 is 9.47 Å². The Hall–Kier alpha value is -2.76. The average molecular weight is 497 g/mol. The second-order valence-corrected chi connectivity index (χ2v) is 11.4.